The first-order valence-electron chi connectivity index (χ1n) is 9.04. The number of amides is 3. The van der Waals surface area contributed by atoms with Crippen LogP contribution in [0, 0.1) is 0 Å². The number of anilines is 1. The number of imide groups is 1. The Hall–Kier alpha value is -3.14. The van der Waals surface area contributed by atoms with E-state index < -0.39 is 41.1 Å². The van der Waals surface area contributed by atoms with Crippen molar-refractivity contribution in [2.24, 2.45) is 0 Å². The second-order valence-corrected chi connectivity index (χ2v) is 8.47. The second-order valence-electron chi connectivity index (χ2n) is 6.63. The van der Waals surface area contributed by atoms with Crippen LogP contribution in [0.1, 0.15) is 20.3 Å². The van der Waals surface area contributed by atoms with Crippen molar-refractivity contribution in [3.8, 4) is 0 Å². The molecule has 1 atom stereocenters. The predicted molar refractivity (Wildman–Crippen MR) is 106 cm³/mol. The summed E-state index contributed by atoms with van der Waals surface area (Å²) in [6.07, 6.45) is 0.691. The van der Waals surface area contributed by atoms with E-state index in [2.05, 4.69) is 5.32 Å². The second kappa shape index (κ2) is 8.08. The van der Waals surface area contributed by atoms with E-state index in [1.54, 1.807) is 37.3 Å². The first-order valence-corrected chi connectivity index (χ1v) is 10.5. The quantitative estimate of drug-likeness (QED) is 0.685. The average Bonchev–Trinajstić information content (AvgIpc) is 2.89. The number of hydrogen-bond acceptors (Lipinski definition) is 6. The number of ether oxygens (including phenoxy) is 1. The van der Waals surface area contributed by atoms with Crippen LogP contribution in [-0.2, 0) is 24.3 Å². The summed E-state index contributed by atoms with van der Waals surface area (Å²) < 4.78 is 31.4. The lowest BCUT2D eigenvalue weighted by Gasteiger charge is -2.17. The number of nitrogens with zero attached hydrogens (tertiary/aromatic N) is 1. The van der Waals surface area contributed by atoms with Gasteiger partial charge in [0.2, 0.25) is 0 Å². The molecule has 1 aliphatic rings. The van der Waals surface area contributed by atoms with Crippen LogP contribution in [0.2, 0.25) is 0 Å². The van der Waals surface area contributed by atoms with Gasteiger partial charge in [-0.1, -0.05) is 31.2 Å². The van der Waals surface area contributed by atoms with E-state index >= 15 is 0 Å². The van der Waals surface area contributed by atoms with Gasteiger partial charge in [-0.25, -0.2) is 13.2 Å². The van der Waals surface area contributed by atoms with Gasteiger partial charge in [-0.05, 0) is 30.9 Å². The summed E-state index contributed by atoms with van der Waals surface area (Å²) in [7, 11) is -3.90. The van der Waals surface area contributed by atoms with Gasteiger partial charge in [0.05, 0.1) is 10.6 Å². The first kappa shape index (κ1) is 20.6. The van der Waals surface area contributed by atoms with Crippen molar-refractivity contribution >= 4 is 44.4 Å². The Labute approximate surface area is 168 Å². The van der Waals surface area contributed by atoms with Gasteiger partial charge < -0.3 is 10.1 Å². The summed E-state index contributed by atoms with van der Waals surface area (Å²) in [4.78, 5) is 35.6. The van der Waals surface area contributed by atoms with Gasteiger partial charge in [-0.2, -0.15) is 0 Å². The molecular weight excluding hydrogens is 398 g/mol. The van der Waals surface area contributed by atoms with Gasteiger partial charge in [0.15, 0.2) is 6.61 Å². The molecule has 1 aliphatic heterocycles. The maximum atomic E-state index is 12.8. The van der Waals surface area contributed by atoms with E-state index in [1.807, 2.05) is 12.2 Å². The molecule has 0 fully saturated rings. The lowest BCUT2D eigenvalue weighted by molar-refractivity contribution is -0.146. The minimum atomic E-state index is -3.90. The van der Waals surface area contributed by atoms with Gasteiger partial charge in [0, 0.05) is 11.4 Å². The van der Waals surface area contributed by atoms with Crippen molar-refractivity contribution in [1.82, 2.24) is 10.6 Å². The van der Waals surface area contributed by atoms with Crippen molar-refractivity contribution < 1.29 is 27.5 Å². The fourth-order valence-corrected chi connectivity index (χ4v) is 4.62. The van der Waals surface area contributed by atoms with E-state index in [9.17, 15) is 22.8 Å². The number of rotatable bonds is 6. The largest absolute Gasteiger partial charge is 0.454 e. The summed E-state index contributed by atoms with van der Waals surface area (Å²) >= 11 is 0. The summed E-state index contributed by atoms with van der Waals surface area (Å²) in [5.74, 6) is -1.72. The van der Waals surface area contributed by atoms with Crippen molar-refractivity contribution in [2.75, 3.05) is 17.5 Å². The van der Waals surface area contributed by atoms with Crippen molar-refractivity contribution in [1.29, 1.82) is 0 Å². The summed E-state index contributed by atoms with van der Waals surface area (Å²) in [6.45, 7) is 2.37. The topological polar surface area (TPSA) is 122 Å². The van der Waals surface area contributed by atoms with Crippen LogP contribution < -0.4 is 14.9 Å². The van der Waals surface area contributed by atoms with E-state index in [0.717, 1.165) is 9.69 Å². The molecule has 0 saturated heterocycles. The molecule has 0 saturated carbocycles. The molecule has 29 heavy (non-hydrogen) atoms. The van der Waals surface area contributed by atoms with Crippen molar-refractivity contribution in [2.45, 2.75) is 31.2 Å². The molecule has 1 heterocycles. The Morgan fingerprint density at radius 2 is 1.83 bits per heavy atom. The number of hydrogen-bond donors (Lipinski definition) is 2. The maximum absolute atomic E-state index is 12.8. The fraction of sp³-hybridized carbons (Fsp3) is 0.316. The van der Waals surface area contributed by atoms with E-state index in [-0.39, 0.29) is 10.9 Å². The first-order chi connectivity index (χ1) is 13.7. The Balaban J connectivity index is 1.63. The van der Waals surface area contributed by atoms with Gasteiger partial charge in [0.25, 0.3) is 15.9 Å². The normalized spacial score (nSPS) is 15.0. The molecule has 0 spiro atoms. The zero-order chi connectivity index (χ0) is 21.2. The van der Waals surface area contributed by atoms with Crippen LogP contribution >= 0.6 is 0 Å². The minimum absolute atomic E-state index is 0.116. The van der Waals surface area contributed by atoms with Crippen LogP contribution in [0.5, 0.6) is 0 Å². The molecule has 2 aromatic rings. The Kier molecular flexibility index (Phi) is 5.73. The van der Waals surface area contributed by atoms with Crippen LogP contribution in [0.25, 0.3) is 10.8 Å². The van der Waals surface area contributed by atoms with Crippen LogP contribution in [0.4, 0.5) is 10.5 Å². The number of carbonyl (C=O) groups excluding carboxylic acids is 3. The van der Waals surface area contributed by atoms with E-state index in [0.29, 0.717) is 17.5 Å². The highest BCUT2D eigenvalue weighted by Crippen LogP contribution is 2.41. The van der Waals surface area contributed by atoms with Gasteiger partial charge in [0.1, 0.15) is 6.54 Å². The fourth-order valence-electron chi connectivity index (χ4n) is 2.96. The lowest BCUT2D eigenvalue weighted by Crippen LogP contribution is -2.45. The highest BCUT2D eigenvalue weighted by atomic mass is 32.2. The highest BCUT2D eigenvalue weighted by Gasteiger charge is 2.37. The van der Waals surface area contributed by atoms with Crippen LogP contribution in [-0.4, -0.2) is 45.5 Å². The Morgan fingerprint density at radius 1 is 1.14 bits per heavy atom. The molecule has 2 N–H and O–H groups in total. The molecule has 10 heteroatoms. The average molecular weight is 419 g/mol. The molecule has 0 aromatic heterocycles. The maximum Gasteiger partial charge on any atom is 0.327 e. The molecule has 2 aromatic carbocycles. The molecule has 154 valence electrons. The number of sulfonamides is 1. The molecule has 9 nitrogen and oxygen atoms in total. The Morgan fingerprint density at radius 3 is 2.52 bits per heavy atom. The Bertz CT molecular complexity index is 1080. The third kappa shape index (κ3) is 4.16. The smallest absolute Gasteiger partial charge is 0.327 e. The summed E-state index contributed by atoms with van der Waals surface area (Å²) in [5, 5.41) is 5.87. The van der Waals surface area contributed by atoms with Crippen LogP contribution in [0.15, 0.2) is 41.3 Å². The number of nitrogens with one attached hydrogen (secondary N) is 2. The number of carbonyl (C=O) groups is 3. The van der Waals surface area contributed by atoms with Gasteiger partial charge in [-0.15, -0.1) is 0 Å². The zero-order valence-corrected chi connectivity index (χ0v) is 16.8. The molecule has 0 bridgehead atoms. The number of benzene rings is 2. The van der Waals surface area contributed by atoms with Gasteiger partial charge in [-0.3, -0.25) is 19.2 Å². The molecule has 3 rings (SSSR count). The summed E-state index contributed by atoms with van der Waals surface area (Å²) in [5.41, 5.74) is 0.382. The van der Waals surface area contributed by atoms with Gasteiger partial charge >= 0.3 is 12.0 Å². The lowest BCUT2D eigenvalue weighted by atomic mass is 10.1. The van der Waals surface area contributed by atoms with Crippen molar-refractivity contribution in [3.05, 3.63) is 36.4 Å². The number of urea groups is 1. The molecule has 0 aliphatic carbocycles. The van der Waals surface area contributed by atoms with E-state index in [1.165, 1.54) is 6.07 Å². The minimum Gasteiger partial charge on any atom is -0.454 e. The third-order valence-corrected chi connectivity index (χ3v) is 6.36. The van der Waals surface area contributed by atoms with Crippen molar-refractivity contribution in [3.63, 3.8) is 0 Å². The highest BCUT2D eigenvalue weighted by molar-refractivity contribution is 7.93. The zero-order valence-electron chi connectivity index (χ0n) is 16.0. The SMILES string of the molecule is CC[C@H](C)NC(=O)NC(=O)COC(=O)CN1c2cccc3cccc(c23)S1(=O)=O. The standard InChI is InChI=1S/C19H21N3O6S/c1-3-12(2)20-19(25)21-16(23)11-28-17(24)10-22-14-8-4-6-13-7-5-9-15(18(13)14)29(22,26)27/h4-9,12H,3,10-11H2,1-2H3,(H2,20,21,23,25)/t12-/m0/s1. The molecular formula is C19H21N3O6S. The number of esters is 1. The molecule has 0 unspecified atom stereocenters. The predicted octanol–water partition coefficient (Wildman–Crippen LogP) is 1.52. The summed E-state index contributed by atoms with van der Waals surface area (Å²) in [6, 6.07) is 9.19. The molecule has 0 radical (unpaired) electrons. The third-order valence-electron chi connectivity index (χ3n) is 4.56. The monoisotopic (exact) mass is 419 g/mol. The van der Waals surface area contributed by atoms with Crippen LogP contribution in [0.3, 0.4) is 0 Å². The van der Waals surface area contributed by atoms with E-state index in [4.69, 9.17) is 4.74 Å². The molecule has 3 amide bonds.